The first-order chi connectivity index (χ1) is 7.03. The Labute approximate surface area is 102 Å². The Balaban J connectivity index is 3.46. The van der Waals surface area contributed by atoms with Crippen molar-refractivity contribution in [3.8, 4) is 0 Å². The molecular weight excluding hydrogens is 322 g/mol. The topological polar surface area (TPSA) is 89.3 Å². The SMILES string of the molecule is Cn1nc(N(S(C)(=O)=O)S(C)(=O)=O)cc1Br. The first-order valence-corrected chi connectivity index (χ1v) is 8.42. The van der Waals surface area contributed by atoms with Crippen molar-refractivity contribution in [3.05, 3.63) is 10.7 Å². The fraction of sp³-hybridized carbons (Fsp3) is 0.500. The highest BCUT2D eigenvalue weighted by molar-refractivity contribution is 9.10. The molecule has 92 valence electrons. The molecular formula is C6H10BrN3O4S2. The minimum atomic E-state index is -3.93. The zero-order chi connectivity index (χ0) is 12.7. The predicted octanol–water partition coefficient (Wildman–Crippen LogP) is -0.0918. The average Bonchev–Trinajstić information content (AvgIpc) is 2.24. The molecule has 0 aromatic carbocycles. The molecule has 1 rings (SSSR count). The number of aromatic nitrogens is 2. The molecule has 0 aliphatic rings. The van der Waals surface area contributed by atoms with Crippen LogP contribution in [0.3, 0.4) is 0 Å². The van der Waals surface area contributed by atoms with Crippen LogP contribution >= 0.6 is 15.9 Å². The number of anilines is 1. The molecule has 1 aromatic rings. The van der Waals surface area contributed by atoms with E-state index in [0.29, 0.717) is 4.60 Å². The van der Waals surface area contributed by atoms with E-state index < -0.39 is 20.0 Å². The molecule has 0 aliphatic heterocycles. The van der Waals surface area contributed by atoms with Crippen LogP contribution in [0.1, 0.15) is 0 Å². The van der Waals surface area contributed by atoms with Gasteiger partial charge in [0, 0.05) is 13.1 Å². The van der Waals surface area contributed by atoms with Crippen LogP contribution in [0.4, 0.5) is 5.82 Å². The van der Waals surface area contributed by atoms with Crippen LogP contribution in [0.5, 0.6) is 0 Å². The zero-order valence-corrected chi connectivity index (χ0v) is 12.0. The second kappa shape index (κ2) is 4.00. The maximum atomic E-state index is 11.4. The van der Waals surface area contributed by atoms with Gasteiger partial charge in [0.25, 0.3) is 0 Å². The fourth-order valence-corrected chi connectivity index (χ4v) is 4.21. The van der Waals surface area contributed by atoms with Crippen molar-refractivity contribution in [1.82, 2.24) is 9.78 Å². The monoisotopic (exact) mass is 331 g/mol. The van der Waals surface area contributed by atoms with Gasteiger partial charge in [-0.3, -0.25) is 4.68 Å². The molecule has 0 unspecified atom stereocenters. The Kier molecular flexibility index (Phi) is 3.37. The molecule has 16 heavy (non-hydrogen) atoms. The summed E-state index contributed by atoms with van der Waals surface area (Å²) in [7, 11) is -6.31. The highest BCUT2D eigenvalue weighted by atomic mass is 79.9. The molecule has 0 radical (unpaired) electrons. The summed E-state index contributed by atoms with van der Waals surface area (Å²) >= 11 is 3.10. The number of nitrogens with zero attached hydrogens (tertiary/aromatic N) is 3. The van der Waals surface area contributed by atoms with Crippen molar-refractivity contribution in [1.29, 1.82) is 0 Å². The molecule has 0 amide bonds. The van der Waals surface area contributed by atoms with E-state index in [1.807, 2.05) is 0 Å². The van der Waals surface area contributed by atoms with Crippen LogP contribution in [-0.4, -0.2) is 39.1 Å². The lowest BCUT2D eigenvalue weighted by Gasteiger charge is -2.16. The van der Waals surface area contributed by atoms with E-state index in [1.54, 1.807) is 7.05 Å². The first-order valence-electron chi connectivity index (χ1n) is 3.93. The lowest BCUT2D eigenvalue weighted by molar-refractivity contribution is 0.589. The molecule has 1 aromatic heterocycles. The van der Waals surface area contributed by atoms with Gasteiger partial charge in [0.1, 0.15) is 4.60 Å². The second-order valence-corrected chi connectivity index (χ2v) is 7.88. The third-order valence-electron chi connectivity index (χ3n) is 1.60. The summed E-state index contributed by atoms with van der Waals surface area (Å²) in [6, 6.07) is 1.31. The Morgan fingerprint density at radius 1 is 1.25 bits per heavy atom. The summed E-state index contributed by atoms with van der Waals surface area (Å²) in [5, 5.41) is 3.78. The lowest BCUT2D eigenvalue weighted by Crippen LogP contribution is -2.35. The van der Waals surface area contributed by atoms with Gasteiger partial charge in [0.2, 0.25) is 20.0 Å². The van der Waals surface area contributed by atoms with Gasteiger partial charge in [-0.15, -0.1) is 3.71 Å². The first kappa shape index (κ1) is 13.5. The molecule has 0 saturated heterocycles. The van der Waals surface area contributed by atoms with Gasteiger partial charge in [-0.1, -0.05) is 0 Å². The van der Waals surface area contributed by atoms with Crippen LogP contribution < -0.4 is 3.71 Å². The second-order valence-electron chi connectivity index (χ2n) is 3.17. The van der Waals surface area contributed by atoms with Crippen molar-refractivity contribution in [2.24, 2.45) is 7.05 Å². The molecule has 0 bridgehead atoms. The van der Waals surface area contributed by atoms with Gasteiger partial charge >= 0.3 is 0 Å². The Bertz CT molecular complexity index is 552. The molecule has 7 nitrogen and oxygen atoms in total. The molecule has 0 spiro atoms. The van der Waals surface area contributed by atoms with Gasteiger partial charge < -0.3 is 0 Å². The third-order valence-corrected chi connectivity index (χ3v) is 5.55. The van der Waals surface area contributed by atoms with Crippen molar-refractivity contribution in [2.75, 3.05) is 16.2 Å². The maximum absolute atomic E-state index is 11.4. The van der Waals surface area contributed by atoms with Crippen molar-refractivity contribution in [2.45, 2.75) is 0 Å². The summed E-state index contributed by atoms with van der Waals surface area (Å²) in [4.78, 5) is 0. The summed E-state index contributed by atoms with van der Waals surface area (Å²) < 4.78 is 47.6. The van der Waals surface area contributed by atoms with Gasteiger partial charge in [-0.05, 0) is 15.9 Å². The molecule has 0 N–H and O–H groups in total. The molecule has 0 saturated carbocycles. The number of rotatable bonds is 3. The summed E-state index contributed by atoms with van der Waals surface area (Å²) in [6.07, 6.45) is 1.60. The van der Waals surface area contributed by atoms with E-state index in [0.717, 1.165) is 12.5 Å². The molecule has 0 fully saturated rings. The summed E-state index contributed by atoms with van der Waals surface area (Å²) in [5.41, 5.74) is 0. The van der Waals surface area contributed by atoms with Gasteiger partial charge in [0.15, 0.2) is 5.82 Å². The maximum Gasteiger partial charge on any atom is 0.246 e. The van der Waals surface area contributed by atoms with E-state index in [4.69, 9.17) is 0 Å². The van der Waals surface area contributed by atoms with E-state index in [9.17, 15) is 16.8 Å². The van der Waals surface area contributed by atoms with Crippen LogP contribution in [-0.2, 0) is 27.1 Å². The van der Waals surface area contributed by atoms with E-state index in [-0.39, 0.29) is 9.53 Å². The Morgan fingerprint density at radius 2 is 1.69 bits per heavy atom. The quantitative estimate of drug-likeness (QED) is 0.772. The van der Waals surface area contributed by atoms with Gasteiger partial charge in [-0.2, -0.15) is 5.10 Å². The summed E-state index contributed by atoms with van der Waals surface area (Å²) in [6.45, 7) is 0. The number of sulfonamides is 2. The normalized spacial score (nSPS) is 12.8. The Morgan fingerprint density at radius 3 is 1.94 bits per heavy atom. The number of hydrogen-bond acceptors (Lipinski definition) is 5. The highest BCUT2D eigenvalue weighted by Gasteiger charge is 2.29. The van der Waals surface area contributed by atoms with Crippen molar-refractivity contribution in [3.63, 3.8) is 0 Å². The minimum Gasteiger partial charge on any atom is -0.259 e. The summed E-state index contributed by atoms with van der Waals surface area (Å²) in [5.74, 6) is -0.167. The number of halogens is 1. The molecule has 10 heteroatoms. The van der Waals surface area contributed by atoms with E-state index in [1.165, 1.54) is 10.7 Å². The van der Waals surface area contributed by atoms with Crippen molar-refractivity contribution >= 4 is 41.8 Å². The van der Waals surface area contributed by atoms with Crippen LogP contribution in [0.25, 0.3) is 0 Å². The van der Waals surface area contributed by atoms with E-state index >= 15 is 0 Å². The average molecular weight is 332 g/mol. The van der Waals surface area contributed by atoms with Crippen LogP contribution in [0.2, 0.25) is 0 Å². The highest BCUT2D eigenvalue weighted by Crippen LogP contribution is 2.22. The van der Waals surface area contributed by atoms with Gasteiger partial charge in [-0.25, -0.2) is 16.8 Å². The van der Waals surface area contributed by atoms with Crippen LogP contribution in [0.15, 0.2) is 10.7 Å². The molecule has 0 atom stereocenters. The fourth-order valence-electron chi connectivity index (χ4n) is 1.11. The largest absolute Gasteiger partial charge is 0.259 e. The van der Waals surface area contributed by atoms with Crippen molar-refractivity contribution < 1.29 is 16.8 Å². The zero-order valence-electron chi connectivity index (χ0n) is 8.75. The smallest absolute Gasteiger partial charge is 0.246 e. The Hall–Kier alpha value is -0.610. The van der Waals surface area contributed by atoms with Crippen LogP contribution in [0, 0.1) is 0 Å². The number of aryl methyl sites for hydroxylation is 1. The predicted molar refractivity (Wildman–Crippen MR) is 63.1 cm³/mol. The number of hydrogen-bond donors (Lipinski definition) is 0. The molecule has 0 aliphatic carbocycles. The standard InChI is InChI=1S/C6H10BrN3O4S2/c1-9-5(7)4-6(8-9)10(15(2,11)12)16(3,13)14/h4H,1-3H3. The minimum absolute atomic E-state index is 0.167. The third kappa shape index (κ3) is 2.74. The van der Waals surface area contributed by atoms with E-state index in [2.05, 4.69) is 21.0 Å². The van der Waals surface area contributed by atoms with Gasteiger partial charge in [0.05, 0.1) is 12.5 Å². The molecule has 1 heterocycles. The lowest BCUT2D eigenvalue weighted by atomic mass is 10.7.